The number of terminal acetylenes is 1. The zero-order valence-electron chi connectivity index (χ0n) is 17.1. The molecule has 1 aliphatic rings. The lowest BCUT2D eigenvalue weighted by molar-refractivity contribution is -0.203. The van der Waals surface area contributed by atoms with Crippen molar-refractivity contribution in [3.8, 4) is 12.3 Å². The summed E-state index contributed by atoms with van der Waals surface area (Å²) in [5.74, 6) is 2.31. The third-order valence-electron chi connectivity index (χ3n) is 4.16. The van der Waals surface area contributed by atoms with Crippen LogP contribution in [-0.2, 0) is 25.1 Å². The summed E-state index contributed by atoms with van der Waals surface area (Å²) in [7, 11) is 0. The van der Waals surface area contributed by atoms with Crippen LogP contribution in [-0.4, -0.2) is 46.9 Å². The Balaban J connectivity index is 2.20. The van der Waals surface area contributed by atoms with E-state index in [4.69, 9.17) is 25.4 Å². The van der Waals surface area contributed by atoms with Crippen LogP contribution >= 0.6 is 0 Å². The molecule has 0 spiro atoms. The summed E-state index contributed by atoms with van der Waals surface area (Å²) in [6.45, 7) is 7.20. The number of H-pyrrole nitrogens is 1. The lowest BCUT2D eigenvalue weighted by Crippen LogP contribution is -2.36. The van der Waals surface area contributed by atoms with Crippen molar-refractivity contribution < 1.29 is 32.1 Å². The predicted octanol–water partition coefficient (Wildman–Crippen LogP) is 2.04. The van der Waals surface area contributed by atoms with Gasteiger partial charge in [-0.3, -0.25) is 14.3 Å². The molecule has 4 atom stereocenters. The van der Waals surface area contributed by atoms with Gasteiger partial charge in [0.2, 0.25) is 0 Å². The van der Waals surface area contributed by atoms with E-state index in [0.29, 0.717) is 10.8 Å². The minimum atomic E-state index is -4.93. The molecule has 0 bridgehead atoms. The molecule has 1 saturated heterocycles. The fraction of sp³-hybridized carbons (Fsp3) is 0.684. The highest BCUT2D eigenvalue weighted by Crippen LogP contribution is 2.32. The summed E-state index contributed by atoms with van der Waals surface area (Å²) in [6.07, 6.45) is -2.29. The van der Waals surface area contributed by atoms with Crippen molar-refractivity contribution >= 4 is 0 Å². The number of halogens is 3. The van der Waals surface area contributed by atoms with Gasteiger partial charge in [-0.15, -0.1) is 6.42 Å². The largest absolute Gasteiger partial charge is 0.423 e. The van der Waals surface area contributed by atoms with Crippen molar-refractivity contribution in [2.75, 3.05) is 13.2 Å². The monoisotopic (exact) mass is 434 g/mol. The number of nitrogens with one attached hydrogen (secondary N) is 1. The molecular weight excluding hydrogens is 409 g/mol. The molecule has 0 aromatic carbocycles. The van der Waals surface area contributed by atoms with Gasteiger partial charge >= 0.3 is 11.9 Å². The van der Waals surface area contributed by atoms with E-state index < -0.39 is 53.3 Å². The average molecular weight is 434 g/mol. The minimum absolute atomic E-state index is 0.00673. The van der Waals surface area contributed by atoms with Gasteiger partial charge in [0.25, 0.3) is 5.56 Å². The molecule has 30 heavy (non-hydrogen) atoms. The summed E-state index contributed by atoms with van der Waals surface area (Å²) in [5.41, 5.74) is -4.50. The van der Waals surface area contributed by atoms with Crippen LogP contribution < -0.4 is 11.2 Å². The maximum atomic E-state index is 13.1. The molecule has 1 aromatic heterocycles. The van der Waals surface area contributed by atoms with Crippen molar-refractivity contribution in [3.05, 3.63) is 32.6 Å². The van der Waals surface area contributed by atoms with Gasteiger partial charge in [-0.2, -0.15) is 13.2 Å². The van der Waals surface area contributed by atoms with Crippen LogP contribution in [0.5, 0.6) is 0 Å². The fourth-order valence-corrected chi connectivity index (χ4v) is 3.02. The first-order valence-corrected chi connectivity index (χ1v) is 9.24. The van der Waals surface area contributed by atoms with Crippen LogP contribution in [0, 0.1) is 12.3 Å². The molecule has 2 rings (SSSR count). The molecule has 0 amide bonds. The molecule has 11 heteroatoms. The van der Waals surface area contributed by atoms with Crippen LogP contribution in [0.15, 0.2) is 15.8 Å². The maximum absolute atomic E-state index is 13.1. The van der Waals surface area contributed by atoms with Gasteiger partial charge in [0.15, 0.2) is 6.29 Å². The number of aromatic nitrogens is 2. The van der Waals surface area contributed by atoms with Crippen LogP contribution in [0.2, 0.25) is 0 Å². The van der Waals surface area contributed by atoms with Gasteiger partial charge in [0.1, 0.15) is 24.5 Å². The molecule has 168 valence electrons. The molecule has 1 aliphatic heterocycles. The Morgan fingerprint density at radius 2 is 2.03 bits per heavy atom. The van der Waals surface area contributed by atoms with Gasteiger partial charge in [-0.25, -0.2) is 4.79 Å². The van der Waals surface area contributed by atoms with Crippen molar-refractivity contribution in [2.45, 2.75) is 70.6 Å². The SMILES string of the molecule is C#CCO[C@H]1C[C@H](n2cc(C(F)(F)F)c(=O)[nH]c2=O)O[C@@H]1COC(C)OC(C)(C)C. The molecule has 0 saturated carbocycles. The number of alkyl halides is 3. The standard InChI is InChI=1S/C19H25F3N2O6/c1-6-7-27-13-8-15(29-14(13)10-28-11(2)30-18(3,4)5)24-9-12(19(20,21)22)16(25)23-17(24)26/h1,9,11,13-15H,7-8,10H2,2-5H3,(H,23,25,26)/t11?,13-,14+,15+/m0/s1. The summed E-state index contributed by atoms with van der Waals surface area (Å²) in [5, 5.41) is 0. The molecule has 0 aliphatic carbocycles. The van der Waals surface area contributed by atoms with E-state index in [0.717, 1.165) is 0 Å². The third kappa shape index (κ3) is 6.43. The number of aromatic amines is 1. The summed E-state index contributed by atoms with van der Waals surface area (Å²) in [4.78, 5) is 25.3. The zero-order chi connectivity index (χ0) is 22.7. The Hall–Kier alpha value is -2.13. The Kier molecular flexibility index (Phi) is 7.52. The maximum Gasteiger partial charge on any atom is 0.423 e. The van der Waals surface area contributed by atoms with Crippen molar-refractivity contribution in [2.24, 2.45) is 0 Å². The van der Waals surface area contributed by atoms with Crippen LogP contribution in [0.4, 0.5) is 13.2 Å². The van der Waals surface area contributed by atoms with Crippen molar-refractivity contribution in [3.63, 3.8) is 0 Å². The molecule has 1 fully saturated rings. The van der Waals surface area contributed by atoms with Crippen LogP contribution in [0.3, 0.4) is 0 Å². The summed E-state index contributed by atoms with van der Waals surface area (Å²) < 4.78 is 62.4. The van der Waals surface area contributed by atoms with E-state index in [9.17, 15) is 22.8 Å². The first-order chi connectivity index (χ1) is 13.8. The highest BCUT2D eigenvalue weighted by Gasteiger charge is 2.40. The van der Waals surface area contributed by atoms with E-state index >= 15 is 0 Å². The normalized spacial score (nSPS) is 23.3. The molecule has 2 heterocycles. The van der Waals surface area contributed by atoms with E-state index in [1.54, 1.807) is 11.9 Å². The third-order valence-corrected chi connectivity index (χ3v) is 4.16. The molecule has 1 unspecified atom stereocenters. The topological polar surface area (TPSA) is 91.8 Å². The molecule has 0 radical (unpaired) electrons. The number of nitrogens with zero attached hydrogens (tertiary/aromatic N) is 1. The number of rotatable bonds is 7. The summed E-state index contributed by atoms with van der Waals surface area (Å²) >= 11 is 0. The average Bonchev–Trinajstić information content (AvgIpc) is 2.98. The predicted molar refractivity (Wildman–Crippen MR) is 99.7 cm³/mol. The van der Waals surface area contributed by atoms with Crippen molar-refractivity contribution in [1.82, 2.24) is 9.55 Å². The van der Waals surface area contributed by atoms with Crippen LogP contribution in [0.25, 0.3) is 0 Å². The first-order valence-electron chi connectivity index (χ1n) is 9.24. The van der Waals surface area contributed by atoms with E-state index in [1.807, 2.05) is 20.8 Å². The second kappa shape index (κ2) is 9.34. The Bertz CT molecular complexity index is 880. The number of hydrogen-bond donors (Lipinski definition) is 1. The van der Waals surface area contributed by atoms with Gasteiger partial charge in [0.05, 0.1) is 18.3 Å². The number of hydrogen-bond acceptors (Lipinski definition) is 6. The van der Waals surface area contributed by atoms with E-state index in [2.05, 4.69) is 5.92 Å². The summed E-state index contributed by atoms with van der Waals surface area (Å²) in [6, 6.07) is 0. The van der Waals surface area contributed by atoms with E-state index in [1.165, 1.54) is 0 Å². The molecule has 1 aromatic rings. The lowest BCUT2D eigenvalue weighted by Gasteiger charge is -2.26. The Morgan fingerprint density at radius 1 is 1.37 bits per heavy atom. The quantitative estimate of drug-likeness (QED) is 0.522. The Labute approximate surface area is 171 Å². The van der Waals surface area contributed by atoms with Gasteiger partial charge in [0, 0.05) is 12.6 Å². The minimum Gasteiger partial charge on any atom is -0.363 e. The van der Waals surface area contributed by atoms with Gasteiger partial charge < -0.3 is 18.9 Å². The second-order valence-corrected chi connectivity index (χ2v) is 7.76. The first kappa shape index (κ1) is 24.1. The zero-order valence-corrected chi connectivity index (χ0v) is 17.1. The smallest absolute Gasteiger partial charge is 0.363 e. The van der Waals surface area contributed by atoms with Gasteiger partial charge in [-0.05, 0) is 27.7 Å². The second-order valence-electron chi connectivity index (χ2n) is 7.76. The molecular formula is C19H25F3N2O6. The van der Waals surface area contributed by atoms with E-state index in [-0.39, 0.29) is 19.6 Å². The van der Waals surface area contributed by atoms with Gasteiger partial charge in [-0.1, -0.05) is 5.92 Å². The lowest BCUT2D eigenvalue weighted by atomic mass is 10.2. The fourth-order valence-electron chi connectivity index (χ4n) is 3.02. The number of ether oxygens (including phenoxy) is 4. The van der Waals surface area contributed by atoms with Crippen LogP contribution in [0.1, 0.15) is 45.9 Å². The molecule has 1 N–H and O–H groups in total. The highest BCUT2D eigenvalue weighted by atomic mass is 19.4. The highest BCUT2D eigenvalue weighted by molar-refractivity contribution is 5.09. The Morgan fingerprint density at radius 3 is 2.60 bits per heavy atom. The van der Waals surface area contributed by atoms with Crippen molar-refractivity contribution in [1.29, 1.82) is 0 Å². The molecule has 8 nitrogen and oxygen atoms in total.